The predicted molar refractivity (Wildman–Crippen MR) is 114 cm³/mol. The Morgan fingerprint density at radius 1 is 1.17 bits per heavy atom. The van der Waals surface area contributed by atoms with Crippen LogP contribution in [0.4, 0.5) is 4.79 Å². The fourth-order valence-electron chi connectivity index (χ4n) is 3.97. The highest BCUT2D eigenvalue weighted by molar-refractivity contribution is 5.92. The zero-order chi connectivity index (χ0) is 22.5. The van der Waals surface area contributed by atoms with Crippen LogP contribution in [0.3, 0.4) is 0 Å². The molecular formula is C22H39N3O4. The van der Waals surface area contributed by atoms with Gasteiger partial charge in [0.2, 0.25) is 11.8 Å². The molecule has 0 radical (unpaired) electrons. The number of alkyl carbamates (subject to hydrolysis) is 1. The van der Waals surface area contributed by atoms with Crippen LogP contribution in [0.25, 0.3) is 0 Å². The number of rotatable bonds is 7. The Kier molecular flexibility index (Phi) is 8.30. The van der Waals surface area contributed by atoms with E-state index in [0.29, 0.717) is 25.8 Å². The van der Waals surface area contributed by atoms with Gasteiger partial charge in [-0.3, -0.25) is 9.59 Å². The summed E-state index contributed by atoms with van der Waals surface area (Å²) in [5.41, 5.74) is -1.92. The average molecular weight is 410 g/mol. The van der Waals surface area contributed by atoms with E-state index in [2.05, 4.69) is 22.5 Å². The second-order valence-corrected chi connectivity index (χ2v) is 10.1. The summed E-state index contributed by atoms with van der Waals surface area (Å²) < 4.78 is 5.26. The minimum absolute atomic E-state index is 0.0437. The van der Waals surface area contributed by atoms with Crippen LogP contribution < -0.4 is 16.0 Å². The van der Waals surface area contributed by atoms with Crippen LogP contribution in [0.5, 0.6) is 0 Å². The van der Waals surface area contributed by atoms with Crippen LogP contribution in [0.15, 0.2) is 12.7 Å². The Hall–Kier alpha value is -2.05. The third-order valence-corrected chi connectivity index (χ3v) is 4.89. The smallest absolute Gasteiger partial charge is 0.407 e. The van der Waals surface area contributed by atoms with Gasteiger partial charge in [-0.05, 0) is 79.1 Å². The summed E-state index contributed by atoms with van der Waals surface area (Å²) in [5.74, 6) is -0.240. The fourth-order valence-corrected chi connectivity index (χ4v) is 3.97. The van der Waals surface area contributed by atoms with Gasteiger partial charge >= 0.3 is 6.09 Å². The lowest BCUT2D eigenvalue weighted by atomic mass is 9.82. The summed E-state index contributed by atoms with van der Waals surface area (Å²) in [6.07, 6.45) is 4.00. The van der Waals surface area contributed by atoms with Crippen LogP contribution in [-0.2, 0) is 14.3 Å². The monoisotopic (exact) mass is 409 g/mol. The highest BCUT2D eigenvalue weighted by atomic mass is 16.6. The molecule has 0 bridgehead atoms. The van der Waals surface area contributed by atoms with E-state index in [1.165, 1.54) is 6.92 Å². The lowest BCUT2D eigenvalue weighted by Gasteiger charge is -2.37. The molecule has 3 N–H and O–H groups in total. The third kappa shape index (κ3) is 8.07. The van der Waals surface area contributed by atoms with Gasteiger partial charge in [-0.25, -0.2) is 4.79 Å². The van der Waals surface area contributed by atoms with E-state index in [-0.39, 0.29) is 23.7 Å². The van der Waals surface area contributed by atoms with E-state index in [0.717, 1.165) is 6.42 Å². The van der Waals surface area contributed by atoms with Gasteiger partial charge in [0.1, 0.15) is 11.1 Å². The number of nitrogens with one attached hydrogen (secondary N) is 3. The highest BCUT2D eigenvalue weighted by Gasteiger charge is 2.52. The summed E-state index contributed by atoms with van der Waals surface area (Å²) in [7, 11) is 0. The van der Waals surface area contributed by atoms with Crippen molar-refractivity contribution in [3.63, 3.8) is 0 Å². The lowest BCUT2D eigenvalue weighted by Crippen LogP contribution is -2.63. The maximum Gasteiger partial charge on any atom is 0.407 e. The molecule has 1 unspecified atom stereocenters. The molecule has 0 saturated heterocycles. The Balaban J connectivity index is 2.89. The first-order chi connectivity index (χ1) is 13.2. The van der Waals surface area contributed by atoms with E-state index in [1.54, 1.807) is 6.08 Å². The maximum absolute atomic E-state index is 13.2. The second kappa shape index (κ2) is 9.63. The lowest BCUT2D eigenvalue weighted by molar-refractivity contribution is -0.135. The van der Waals surface area contributed by atoms with Crippen molar-refractivity contribution < 1.29 is 19.1 Å². The number of ether oxygens (including phenoxy) is 1. The minimum Gasteiger partial charge on any atom is -0.444 e. The third-order valence-electron chi connectivity index (χ3n) is 4.89. The van der Waals surface area contributed by atoms with Crippen molar-refractivity contribution in [2.75, 3.05) is 6.54 Å². The first kappa shape index (κ1) is 25.0. The number of carbonyl (C=O) groups excluding carboxylic acids is 3. The van der Waals surface area contributed by atoms with Gasteiger partial charge in [0.05, 0.1) is 0 Å². The molecular weight excluding hydrogens is 370 g/mol. The molecule has 29 heavy (non-hydrogen) atoms. The Morgan fingerprint density at radius 2 is 1.79 bits per heavy atom. The molecule has 0 spiro atoms. The largest absolute Gasteiger partial charge is 0.444 e. The van der Waals surface area contributed by atoms with Crippen LogP contribution in [0.2, 0.25) is 0 Å². The molecule has 166 valence electrons. The molecule has 0 aromatic carbocycles. The van der Waals surface area contributed by atoms with Crippen molar-refractivity contribution in [3.8, 4) is 0 Å². The molecule has 0 aliphatic heterocycles. The van der Waals surface area contributed by atoms with Crippen molar-refractivity contribution in [3.05, 3.63) is 12.7 Å². The first-order valence-corrected chi connectivity index (χ1v) is 10.4. The van der Waals surface area contributed by atoms with Crippen LogP contribution in [-0.4, -0.2) is 41.1 Å². The topological polar surface area (TPSA) is 96.5 Å². The molecule has 3 amide bonds. The maximum atomic E-state index is 13.2. The van der Waals surface area contributed by atoms with E-state index < -0.39 is 22.8 Å². The molecule has 3 atom stereocenters. The molecule has 0 aromatic heterocycles. The van der Waals surface area contributed by atoms with Crippen molar-refractivity contribution >= 4 is 17.9 Å². The molecule has 1 saturated carbocycles. The van der Waals surface area contributed by atoms with Gasteiger partial charge < -0.3 is 20.7 Å². The summed E-state index contributed by atoms with van der Waals surface area (Å²) in [6.45, 7) is 16.9. The Morgan fingerprint density at radius 3 is 2.28 bits per heavy atom. The van der Waals surface area contributed by atoms with Crippen molar-refractivity contribution in [1.82, 2.24) is 16.0 Å². The second-order valence-electron chi connectivity index (χ2n) is 10.1. The van der Waals surface area contributed by atoms with Crippen LogP contribution in [0.1, 0.15) is 74.1 Å². The molecule has 1 aliphatic carbocycles. The van der Waals surface area contributed by atoms with E-state index in [9.17, 15) is 14.4 Å². The molecule has 0 aromatic rings. The molecule has 7 heteroatoms. The van der Waals surface area contributed by atoms with E-state index >= 15 is 0 Å². The van der Waals surface area contributed by atoms with E-state index in [4.69, 9.17) is 4.74 Å². The molecule has 0 heterocycles. The van der Waals surface area contributed by atoms with Gasteiger partial charge in [-0.1, -0.05) is 6.08 Å². The van der Waals surface area contributed by atoms with Crippen LogP contribution in [0, 0.1) is 11.8 Å². The van der Waals surface area contributed by atoms with Gasteiger partial charge in [0.25, 0.3) is 0 Å². The molecule has 1 aliphatic rings. The number of amides is 3. The number of hydrogen-bond acceptors (Lipinski definition) is 4. The summed E-state index contributed by atoms with van der Waals surface area (Å²) in [5, 5.41) is 8.78. The Bertz CT molecular complexity index is 619. The number of carbonyl (C=O) groups is 3. The highest BCUT2D eigenvalue weighted by Crippen LogP contribution is 2.44. The zero-order valence-corrected chi connectivity index (χ0v) is 19.1. The molecule has 1 rings (SSSR count). The van der Waals surface area contributed by atoms with Gasteiger partial charge in [-0.2, -0.15) is 0 Å². The molecule has 7 nitrogen and oxygen atoms in total. The standard InChI is InChI=1S/C22H39N3O4/c1-9-10-17-13-16(11-12-23-19(28)29-21(6,7)8)14-22(17,24-15(2)26)18(27)25-20(3,4)5/h9,16-17H,1,10-14H2,2-8H3,(H,23,28)(H,24,26)(H,25,27)/t16-,17?,22-/m0/s1. The SMILES string of the molecule is C=CCC1C[C@H](CCNC(=O)OC(C)(C)C)C[C@@]1(NC(C)=O)C(=O)NC(C)(C)C. The summed E-state index contributed by atoms with van der Waals surface area (Å²) in [4.78, 5) is 37.1. The average Bonchev–Trinajstić information content (AvgIpc) is 2.82. The van der Waals surface area contributed by atoms with Crippen molar-refractivity contribution in [1.29, 1.82) is 0 Å². The number of allylic oxidation sites excluding steroid dienone is 1. The summed E-state index contributed by atoms with van der Waals surface area (Å²) in [6, 6.07) is 0. The van der Waals surface area contributed by atoms with Crippen LogP contribution >= 0.6 is 0 Å². The van der Waals surface area contributed by atoms with Gasteiger partial charge in [0, 0.05) is 19.0 Å². The zero-order valence-electron chi connectivity index (χ0n) is 19.1. The number of hydrogen-bond donors (Lipinski definition) is 3. The first-order valence-electron chi connectivity index (χ1n) is 10.4. The van der Waals surface area contributed by atoms with Gasteiger partial charge in [-0.15, -0.1) is 6.58 Å². The summed E-state index contributed by atoms with van der Waals surface area (Å²) >= 11 is 0. The molecule has 1 fully saturated rings. The van der Waals surface area contributed by atoms with Gasteiger partial charge in [0.15, 0.2) is 0 Å². The normalized spacial score (nSPS) is 24.5. The minimum atomic E-state index is -0.968. The predicted octanol–water partition coefficient (Wildman–Crippen LogP) is 3.29. The van der Waals surface area contributed by atoms with Crippen molar-refractivity contribution in [2.24, 2.45) is 11.8 Å². The Labute approximate surface area is 175 Å². The van der Waals surface area contributed by atoms with Crippen molar-refractivity contribution in [2.45, 2.75) is 90.8 Å². The quantitative estimate of drug-likeness (QED) is 0.562. The van der Waals surface area contributed by atoms with E-state index in [1.807, 2.05) is 41.5 Å². The fraction of sp³-hybridized carbons (Fsp3) is 0.773.